The number of rotatable bonds is 1. The van der Waals surface area contributed by atoms with Gasteiger partial charge in [0.05, 0.1) is 20.0 Å². The number of hydroxylamine groups is 2. The van der Waals surface area contributed by atoms with Crippen LogP contribution in [0.3, 0.4) is 0 Å². The highest BCUT2D eigenvalue weighted by molar-refractivity contribution is 6.55. The number of nitro benzene ring substituents is 1. The molecule has 4 aromatic carbocycles. The van der Waals surface area contributed by atoms with Gasteiger partial charge in [0.25, 0.3) is 17.5 Å². The molecule has 1 aliphatic heterocycles. The van der Waals surface area contributed by atoms with Gasteiger partial charge in [-0.05, 0) is 35.5 Å². The average molecular weight is 1010 g/mol. The highest BCUT2D eigenvalue weighted by atomic mass is 35.5. The Labute approximate surface area is 384 Å². The van der Waals surface area contributed by atoms with Gasteiger partial charge in [0.1, 0.15) is 33.6 Å². The first kappa shape index (κ1) is 62.0. The molecule has 64 heavy (non-hydrogen) atoms. The number of nitrogens with one attached hydrogen (secondary N) is 1. The molecule has 1 saturated heterocycles. The summed E-state index contributed by atoms with van der Waals surface area (Å²) in [5.74, 6) is -14.3. The molecule has 7 rings (SSSR count). The molecule has 0 atom stereocenters. The number of para-hydroxylation sites is 1. The van der Waals surface area contributed by atoms with Gasteiger partial charge in [0.15, 0.2) is 11.5 Å². The van der Waals surface area contributed by atoms with Crippen LogP contribution < -0.4 is 5.56 Å². The quantitative estimate of drug-likeness (QED) is 0.0131. The van der Waals surface area contributed by atoms with E-state index in [1.165, 1.54) is 30.3 Å². The highest BCUT2D eigenvalue weighted by Crippen LogP contribution is 2.47. The minimum Gasteiger partial charge on any atom is -0.508 e. The van der Waals surface area contributed by atoms with Crippen molar-refractivity contribution in [3.63, 3.8) is 0 Å². The monoisotopic (exact) mass is 1010 g/mol. The molecule has 2 amide bonds. The van der Waals surface area contributed by atoms with Crippen molar-refractivity contribution in [2.45, 2.75) is 35.1 Å². The van der Waals surface area contributed by atoms with E-state index in [1.807, 2.05) is 18.9 Å². The van der Waals surface area contributed by atoms with Gasteiger partial charge in [-0.3, -0.25) is 29.7 Å². The topological polar surface area (TPSA) is 262 Å². The van der Waals surface area contributed by atoms with E-state index in [2.05, 4.69) is 15.3 Å². The molecule has 0 aliphatic carbocycles. The summed E-state index contributed by atoms with van der Waals surface area (Å²) in [4.78, 5) is 51.4. The van der Waals surface area contributed by atoms with E-state index in [-0.39, 0.29) is 88.0 Å². The van der Waals surface area contributed by atoms with Gasteiger partial charge in [0, 0.05) is 37.2 Å². The molecular weight excluding hydrogens is 977 g/mol. The van der Waals surface area contributed by atoms with Gasteiger partial charge in [-0.25, -0.2) is 13.2 Å². The SMILES string of the molecule is C.C.C.C=O.O=C1CCC(=O)N1O.O=[N+]([O-])c1ccc(O)cc1.O=c1cccc[nH]1.Oc1c(Cl)c(Cl)c(Cl)c(Cl)c1Cl.Oc1c(F)c(F)c(F)c(F)c1F.On1nnc2ccccc21. The standard InChI is InChI=1S/C6HCl5O.C6HF5O.C6H5N3O.C6H5NO3.C5H5NO.C4H5NO3.CH2O.3CH4/c2*7-1-2(8)4(10)6(12)5(11)3(1)9;10-9-6-4-2-1-3-5(6)7-8-9;8-6-3-1-5(2-4-6)7(9)10;7-5-3-1-2-4-6-5;6-3-1-2-4(7)5(3)8;1-2;;;/h2*12H;1-4,10H;1-4,8H;1-4H,(H,6,7);8H,1-2H2;1H2;3*1H4. The third-order valence-electron chi connectivity index (χ3n) is 6.47. The Kier molecular flexibility index (Phi) is 29.0. The maximum atomic E-state index is 12.2. The summed E-state index contributed by atoms with van der Waals surface area (Å²) in [6.07, 6.45) is 1.90. The number of imide groups is 1. The molecule has 1 fully saturated rings. The van der Waals surface area contributed by atoms with E-state index in [0.717, 1.165) is 4.85 Å². The Morgan fingerprint density at radius 2 is 1.06 bits per heavy atom. The number of hydrogen-bond acceptors (Lipinski definition) is 13. The number of aromatic nitrogens is 4. The summed E-state index contributed by atoms with van der Waals surface area (Å²) >= 11 is 27.9. The van der Waals surface area contributed by atoms with Crippen LogP contribution in [0.25, 0.3) is 11.0 Å². The molecule has 27 heteroatoms. The average Bonchev–Trinajstić information content (AvgIpc) is 3.79. The Hall–Kier alpha value is -6.30. The molecule has 350 valence electrons. The predicted molar refractivity (Wildman–Crippen MR) is 228 cm³/mol. The van der Waals surface area contributed by atoms with Crippen molar-refractivity contribution in [1.82, 2.24) is 25.2 Å². The first-order chi connectivity index (χ1) is 28.6. The van der Waals surface area contributed by atoms with Crippen LogP contribution in [0.5, 0.6) is 17.2 Å². The zero-order chi connectivity index (χ0) is 46.7. The molecule has 0 saturated carbocycles. The van der Waals surface area contributed by atoms with E-state index in [4.69, 9.17) is 83.4 Å². The van der Waals surface area contributed by atoms with Gasteiger partial charge in [-0.1, -0.05) is 103 Å². The van der Waals surface area contributed by atoms with Gasteiger partial charge < -0.3 is 30.3 Å². The first-order valence-electron chi connectivity index (χ1n) is 15.4. The molecule has 0 bridgehead atoms. The van der Waals surface area contributed by atoms with Crippen LogP contribution >= 0.6 is 58.0 Å². The van der Waals surface area contributed by atoms with Crippen molar-refractivity contribution in [2.24, 2.45) is 0 Å². The summed E-state index contributed by atoms with van der Waals surface area (Å²) in [7, 11) is 0. The Balaban J connectivity index is -0.000000691. The van der Waals surface area contributed by atoms with Crippen molar-refractivity contribution in [1.29, 1.82) is 0 Å². The summed E-state index contributed by atoms with van der Waals surface area (Å²) in [6, 6.07) is 17.2. The Bertz CT molecular complexity index is 2210. The van der Waals surface area contributed by atoms with E-state index >= 15 is 0 Å². The van der Waals surface area contributed by atoms with Crippen LogP contribution in [0.1, 0.15) is 35.1 Å². The number of nitro groups is 1. The van der Waals surface area contributed by atoms with Crippen LogP contribution in [-0.2, 0) is 14.4 Å². The molecule has 6 aromatic rings. The Morgan fingerprint density at radius 3 is 1.42 bits per heavy atom. The largest absolute Gasteiger partial charge is 0.508 e. The minimum atomic E-state index is -2.29. The smallest absolute Gasteiger partial charge is 0.269 e. The number of amides is 2. The number of nitrogens with zero attached hydrogens (tertiary/aromatic N) is 5. The van der Waals surface area contributed by atoms with Crippen LogP contribution in [0, 0.1) is 39.2 Å². The molecule has 3 heterocycles. The first-order valence-corrected chi connectivity index (χ1v) is 17.3. The minimum absolute atomic E-state index is 0. The summed E-state index contributed by atoms with van der Waals surface area (Å²) < 4.78 is 60.6. The second-order valence-corrected chi connectivity index (χ2v) is 12.3. The predicted octanol–water partition coefficient (Wildman–Crippen LogP) is 10.3. The molecule has 0 spiro atoms. The lowest BCUT2D eigenvalue weighted by Crippen LogP contribution is -2.24. The third-order valence-corrected chi connectivity index (χ3v) is 8.73. The zero-order valence-corrected chi connectivity index (χ0v) is 33.5. The maximum Gasteiger partial charge on any atom is 0.269 e. The number of non-ortho nitro benzene ring substituents is 1. The number of carbonyl (C=O) groups is 3. The number of aromatic hydroxyl groups is 3. The number of aromatic amines is 1. The number of fused-ring (bicyclic) bond motifs is 1. The normalized spacial score (nSPS) is 10.5. The van der Waals surface area contributed by atoms with Crippen molar-refractivity contribution in [3.8, 4) is 17.2 Å². The van der Waals surface area contributed by atoms with Gasteiger partial charge in [-0.15, -0.1) is 5.10 Å². The molecule has 0 radical (unpaired) electrons. The summed E-state index contributed by atoms with van der Waals surface area (Å²) in [6.45, 7) is 2.00. The lowest BCUT2D eigenvalue weighted by molar-refractivity contribution is -0.384. The van der Waals surface area contributed by atoms with Gasteiger partial charge >= 0.3 is 0 Å². The second-order valence-electron chi connectivity index (χ2n) is 10.4. The number of phenols is 3. The number of halogens is 10. The van der Waals surface area contributed by atoms with E-state index in [1.54, 1.807) is 30.5 Å². The van der Waals surface area contributed by atoms with E-state index in [0.29, 0.717) is 11.0 Å². The van der Waals surface area contributed by atoms with Gasteiger partial charge in [-0.2, -0.15) is 13.8 Å². The van der Waals surface area contributed by atoms with Gasteiger partial charge in [0.2, 0.25) is 34.6 Å². The van der Waals surface area contributed by atoms with Crippen molar-refractivity contribution < 1.29 is 67.0 Å². The molecule has 0 unspecified atom stereocenters. The lowest BCUT2D eigenvalue weighted by atomic mass is 10.3. The number of carbonyl (C=O) groups excluding carboxylic acids is 3. The van der Waals surface area contributed by atoms with Crippen molar-refractivity contribution >= 4 is 93.3 Å². The van der Waals surface area contributed by atoms with Crippen LogP contribution in [-0.4, -0.2) is 74.5 Å². The number of H-pyrrole nitrogens is 1. The van der Waals surface area contributed by atoms with Crippen LogP contribution in [0.2, 0.25) is 25.1 Å². The fourth-order valence-electron chi connectivity index (χ4n) is 3.56. The summed E-state index contributed by atoms with van der Waals surface area (Å²) in [5.41, 5.74) is 1.26. The third kappa shape index (κ3) is 17.8. The fourth-order valence-corrected chi connectivity index (χ4v) is 4.69. The molecule has 1 aliphatic rings. The molecular formula is C37H36Cl5F5N6O11. The lowest BCUT2D eigenvalue weighted by Gasteiger charge is -2.06. The zero-order valence-electron chi connectivity index (χ0n) is 29.8. The number of pyridine rings is 1. The van der Waals surface area contributed by atoms with Crippen LogP contribution in [0.15, 0.2) is 77.7 Å². The number of benzene rings is 4. The number of hydrogen-bond donors (Lipinski definition) is 6. The van der Waals surface area contributed by atoms with E-state index < -0.39 is 51.6 Å². The molecule has 2 aromatic heterocycles. The Morgan fingerprint density at radius 1 is 0.641 bits per heavy atom. The summed E-state index contributed by atoms with van der Waals surface area (Å²) in [5, 5.41) is 60.7. The second kappa shape index (κ2) is 29.9. The molecule has 17 nitrogen and oxygen atoms in total. The maximum absolute atomic E-state index is 12.2. The fraction of sp³-hybridized carbons (Fsp3) is 0.135. The van der Waals surface area contributed by atoms with Crippen molar-refractivity contribution in [2.75, 3.05) is 0 Å². The molecule has 6 N–H and O–H groups in total. The highest BCUT2D eigenvalue weighted by Gasteiger charge is 2.27. The van der Waals surface area contributed by atoms with Crippen molar-refractivity contribution in [3.05, 3.63) is 148 Å². The number of phenolic OH excluding ortho intramolecular Hbond substituents is 3. The van der Waals surface area contributed by atoms with E-state index in [9.17, 15) is 51.6 Å². The van der Waals surface area contributed by atoms with Crippen LogP contribution in [0.4, 0.5) is 27.6 Å².